The molecule has 1 unspecified atom stereocenters. The van der Waals surface area contributed by atoms with Crippen molar-refractivity contribution in [2.75, 3.05) is 25.1 Å². The number of anilines is 1. The van der Waals surface area contributed by atoms with Crippen molar-refractivity contribution in [2.24, 2.45) is 5.41 Å². The third kappa shape index (κ3) is 7.35. The first kappa shape index (κ1) is 30.7. The number of hydrogen-bond acceptors (Lipinski definition) is 5. The topological polar surface area (TPSA) is 86.6 Å². The van der Waals surface area contributed by atoms with Gasteiger partial charge in [-0.05, 0) is 12.1 Å². The van der Waals surface area contributed by atoms with E-state index in [0.717, 1.165) is 30.4 Å². The number of nitrogens with one attached hydrogen (secondary N) is 2. The summed E-state index contributed by atoms with van der Waals surface area (Å²) in [6.45, 7) is 11.4. The van der Waals surface area contributed by atoms with Gasteiger partial charge in [0.1, 0.15) is 18.1 Å². The quantitative estimate of drug-likeness (QED) is 0.149. The van der Waals surface area contributed by atoms with Gasteiger partial charge in [0, 0.05) is 56.9 Å². The number of aromatic nitrogens is 2. The maximum absolute atomic E-state index is 15.0. The first-order chi connectivity index (χ1) is 19.0. The number of benzene rings is 1. The molecular formula is C27H33F5N4O4Si. The van der Waals surface area contributed by atoms with Gasteiger partial charge >= 0.3 is 12.2 Å². The molecule has 0 radical (unpaired) electrons. The van der Waals surface area contributed by atoms with E-state index >= 15 is 0 Å². The molecule has 1 atom stereocenters. The lowest BCUT2D eigenvalue weighted by molar-refractivity contribution is -0.163. The Bertz CT molecular complexity index is 1400. The predicted molar refractivity (Wildman–Crippen MR) is 146 cm³/mol. The van der Waals surface area contributed by atoms with E-state index < -0.39 is 54.4 Å². The van der Waals surface area contributed by atoms with Crippen LogP contribution in [0.1, 0.15) is 19.4 Å². The molecule has 224 valence electrons. The van der Waals surface area contributed by atoms with Crippen molar-refractivity contribution in [1.82, 2.24) is 14.9 Å². The maximum atomic E-state index is 15.0. The van der Waals surface area contributed by atoms with E-state index in [9.17, 15) is 26.7 Å². The largest absolute Gasteiger partial charge is 0.450 e. The Hall–Kier alpha value is -3.23. The number of halogens is 5. The monoisotopic (exact) mass is 600 g/mol. The number of rotatable bonds is 10. The standard InChI is InChI=1S/C27H33F5N4O4Si/c1-26(2)14-39-21(26)12-34-25(37)35-16-10-18(28)23(19(29)11-16)40-20-6-7-33-24-22(20)17(27(30,31)32)13-36(24)15-38-8-9-41(3,4)5/h6-7,10-11,13,21H,8-9,12,14-15H2,1-5H3,(H2,34,35,37). The number of amides is 2. The van der Waals surface area contributed by atoms with Crippen LogP contribution in [-0.4, -0.2) is 49.5 Å². The first-order valence-corrected chi connectivity index (χ1v) is 16.7. The fraction of sp³-hybridized carbons (Fsp3) is 0.481. The minimum Gasteiger partial charge on any atom is -0.450 e. The van der Waals surface area contributed by atoms with Crippen LogP contribution in [0.5, 0.6) is 11.5 Å². The normalized spacial score (nSPS) is 16.9. The third-order valence-electron chi connectivity index (χ3n) is 6.70. The lowest BCUT2D eigenvalue weighted by Crippen LogP contribution is -2.53. The number of ether oxygens (including phenoxy) is 3. The Balaban J connectivity index is 1.54. The number of carbonyl (C=O) groups is 1. The molecule has 14 heteroatoms. The van der Waals surface area contributed by atoms with Gasteiger partial charge in [-0.3, -0.25) is 0 Å². The van der Waals surface area contributed by atoms with Crippen molar-refractivity contribution in [1.29, 1.82) is 0 Å². The molecule has 3 aromatic rings. The molecule has 41 heavy (non-hydrogen) atoms. The summed E-state index contributed by atoms with van der Waals surface area (Å²) in [5.41, 5.74) is -1.51. The van der Waals surface area contributed by atoms with Crippen molar-refractivity contribution >= 4 is 30.8 Å². The van der Waals surface area contributed by atoms with Gasteiger partial charge in [0.15, 0.2) is 17.4 Å². The zero-order chi connectivity index (χ0) is 30.2. The molecule has 2 aromatic heterocycles. The average Bonchev–Trinajstić information content (AvgIpc) is 3.23. The molecule has 0 aliphatic carbocycles. The van der Waals surface area contributed by atoms with Gasteiger partial charge < -0.3 is 29.4 Å². The number of nitrogens with zero attached hydrogens (tertiary/aromatic N) is 2. The van der Waals surface area contributed by atoms with Crippen LogP contribution in [0.15, 0.2) is 30.6 Å². The Morgan fingerprint density at radius 1 is 1.22 bits per heavy atom. The minimum atomic E-state index is -4.80. The summed E-state index contributed by atoms with van der Waals surface area (Å²) >= 11 is 0. The van der Waals surface area contributed by atoms with Gasteiger partial charge in [0.2, 0.25) is 0 Å². The molecule has 0 saturated carbocycles. The Labute approximate surface area is 235 Å². The average molecular weight is 601 g/mol. The lowest BCUT2D eigenvalue weighted by atomic mass is 9.82. The number of hydrogen-bond donors (Lipinski definition) is 2. The second kappa shape index (κ2) is 11.6. The molecule has 1 aromatic carbocycles. The van der Waals surface area contributed by atoms with Crippen LogP contribution in [0.25, 0.3) is 11.0 Å². The van der Waals surface area contributed by atoms with Gasteiger partial charge in [0.25, 0.3) is 0 Å². The summed E-state index contributed by atoms with van der Waals surface area (Å²) in [5, 5.41) is 4.44. The second-order valence-corrected chi connectivity index (χ2v) is 17.5. The molecule has 1 aliphatic heterocycles. The summed E-state index contributed by atoms with van der Waals surface area (Å²) < 4.78 is 89.4. The fourth-order valence-electron chi connectivity index (χ4n) is 4.20. The third-order valence-corrected chi connectivity index (χ3v) is 8.40. The fourth-order valence-corrected chi connectivity index (χ4v) is 4.95. The first-order valence-electron chi connectivity index (χ1n) is 13.0. The SMILES string of the molecule is CC1(C)COC1CNC(=O)Nc1cc(F)c(Oc2ccnc3c2c(C(F)(F)F)cn3COCC[Si](C)(C)C)c(F)c1. The summed E-state index contributed by atoms with van der Waals surface area (Å²) in [4.78, 5) is 16.3. The molecule has 2 N–H and O–H groups in total. The molecule has 4 rings (SSSR count). The van der Waals surface area contributed by atoms with Crippen molar-refractivity contribution in [3.63, 3.8) is 0 Å². The van der Waals surface area contributed by atoms with Gasteiger partial charge in [-0.2, -0.15) is 13.2 Å². The molecule has 0 spiro atoms. The summed E-state index contributed by atoms with van der Waals surface area (Å²) in [6, 6.07) is 2.82. The highest BCUT2D eigenvalue weighted by molar-refractivity contribution is 6.76. The number of urea groups is 1. The zero-order valence-corrected chi connectivity index (χ0v) is 24.4. The van der Waals surface area contributed by atoms with Crippen molar-refractivity contribution < 1.29 is 41.0 Å². The molecule has 1 aliphatic rings. The van der Waals surface area contributed by atoms with Gasteiger partial charge in [-0.1, -0.05) is 33.5 Å². The molecule has 1 saturated heterocycles. The van der Waals surface area contributed by atoms with E-state index in [1.807, 2.05) is 13.8 Å². The van der Waals surface area contributed by atoms with E-state index in [4.69, 9.17) is 14.2 Å². The van der Waals surface area contributed by atoms with Crippen LogP contribution in [0.3, 0.4) is 0 Å². The Kier molecular flexibility index (Phi) is 8.67. The lowest BCUT2D eigenvalue weighted by Gasteiger charge is -2.44. The molecular weight excluding hydrogens is 567 g/mol. The Morgan fingerprint density at radius 3 is 2.46 bits per heavy atom. The van der Waals surface area contributed by atoms with Crippen LogP contribution in [-0.2, 0) is 22.4 Å². The van der Waals surface area contributed by atoms with E-state index in [1.165, 1.54) is 10.8 Å². The van der Waals surface area contributed by atoms with Gasteiger partial charge in [0.05, 0.1) is 23.7 Å². The summed E-state index contributed by atoms with van der Waals surface area (Å²) in [7, 11) is -1.42. The van der Waals surface area contributed by atoms with Gasteiger partial charge in [-0.15, -0.1) is 0 Å². The van der Waals surface area contributed by atoms with Crippen molar-refractivity contribution in [3.05, 3.63) is 47.8 Å². The number of fused-ring (bicyclic) bond motifs is 1. The summed E-state index contributed by atoms with van der Waals surface area (Å²) in [5.74, 6) is -3.82. The highest BCUT2D eigenvalue weighted by atomic mass is 28.3. The van der Waals surface area contributed by atoms with E-state index in [-0.39, 0.29) is 36.1 Å². The van der Waals surface area contributed by atoms with Crippen molar-refractivity contribution in [3.8, 4) is 11.5 Å². The van der Waals surface area contributed by atoms with Crippen molar-refractivity contribution in [2.45, 2.75) is 58.5 Å². The Morgan fingerprint density at radius 2 is 1.90 bits per heavy atom. The van der Waals surface area contributed by atoms with Crippen LogP contribution < -0.4 is 15.4 Å². The maximum Gasteiger partial charge on any atom is 0.418 e. The van der Waals surface area contributed by atoms with Crippen LogP contribution in [0.4, 0.5) is 32.4 Å². The molecule has 8 nitrogen and oxygen atoms in total. The number of alkyl halides is 3. The number of pyridine rings is 1. The number of carbonyl (C=O) groups excluding carboxylic acids is 1. The molecule has 0 bridgehead atoms. The minimum absolute atomic E-state index is 0.101. The molecule has 3 heterocycles. The smallest absolute Gasteiger partial charge is 0.418 e. The van der Waals surface area contributed by atoms with Crippen LogP contribution >= 0.6 is 0 Å². The zero-order valence-electron chi connectivity index (χ0n) is 23.4. The highest BCUT2D eigenvalue weighted by Gasteiger charge is 2.40. The molecule has 2 amide bonds. The highest BCUT2D eigenvalue weighted by Crippen LogP contribution is 2.42. The predicted octanol–water partition coefficient (Wildman–Crippen LogP) is 6.98. The molecule has 1 fully saturated rings. The van der Waals surface area contributed by atoms with E-state index in [0.29, 0.717) is 13.2 Å². The van der Waals surface area contributed by atoms with Crippen LogP contribution in [0.2, 0.25) is 25.7 Å². The van der Waals surface area contributed by atoms with Crippen LogP contribution in [0, 0.1) is 17.0 Å². The van der Waals surface area contributed by atoms with E-state index in [2.05, 4.69) is 35.3 Å². The second-order valence-electron chi connectivity index (χ2n) is 11.9. The van der Waals surface area contributed by atoms with E-state index in [1.54, 1.807) is 0 Å². The summed E-state index contributed by atoms with van der Waals surface area (Å²) in [6.07, 6.45) is -2.98. The van der Waals surface area contributed by atoms with Gasteiger partial charge in [-0.25, -0.2) is 18.6 Å².